The number of imide groups is 1. The monoisotopic (exact) mass is 717 g/mol. The number of allylic oxidation sites excluding steroid dienone is 1. The zero-order chi connectivity index (χ0) is 37.4. The number of aromatic hydroxyl groups is 1. The molecule has 3 aromatic rings. The van der Waals surface area contributed by atoms with Crippen LogP contribution in [0, 0.1) is 31.6 Å². The van der Waals surface area contributed by atoms with Crippen molar-refractivity contribution in [2.75, 3.05) is 25.2 Å². The Morgan fingerprint density at radius 3 is 2.06 bits per heavy atom. The van der Waals surface area contributed by atoms with Crippen LogP contribution in [0.15, 0.2) is 71.8 Å². The van der Waals surface area contributed by atoms with Crippen LogP contribution in [0.4, 0.5) is 32.0 Å². The number of rotatable bonds is 10. The summed E-state index contributed by atoms with van der Waals surface area (Å²) in [5.41, 5.74) is 0.236. The van der Waals surface area contributed by atoms with Gasteiger partial charge in [0.05, 0.1) is 48.0 Å². The number of ether oxygens (including phenoxy) is 1. The van der Waals surface area contributed by atoms with Crippen LogP contribution in [0.2, 0.25) is 0 Å². The van der Waals surface area contributed by atoms with Gasteiger partial charge in [-0.3, -0.25) is 9.59 Å². The molecule has 1 aliphatic heterocycles. The first-order valence-electron chi connectivity index (χ1n) is 16.2. The van der Waals surface area contributed by atoms with E-state index in [0.717, 1.165) is 16.7 Å². The number of fused-ring (bicyclic) bond motifs is 1. The smallest absolute Gasteiger partial charge is 0.416 e. The van der Waals surface area contributed by atoms with Gasteiger partial charge in [0.15, 0.2) is 0 Å². The minimum absolute atomic E-state index is 0.0850. The fourth-order valence-electron chi connectivity index (χ4n) is 7.26. The molecule has 0 saturated carbocycles. The third kappa shape index (κ3) is 7.75. The highest BCUT2D eigenvalue weighted by Crippen LogP contribution is 2.49. The number of aliphatic hydroxyl groups is 2. The van der Waals surface area contributed by atoms with Gasteiger partial charge in [-0.15, -0.1) is 0 Å². The Kier molecular flexibility index (Phi) is 10.9. The number of halogens is 6. The van der Waals surface area contributed by atoms with Gasteiger partial charge >= 0.3 is 12.4 Å². The van der Waals surface area contributed by atoms with Crippen LogP contribution in [0.3, 0.4) is 0 Å². The van der Waals surface area contributed by atoms with Gasteiger partial charge in [0.2, 0.25) is 11.8 Å². The normalized spacial score (nSPS) is 20.6. The summed E-state index contributed by atoms with van der Waals surface area (Å²) in [5, 5.41) is 32.6. The third-order valence-electron chi connectivity index (χ3n) is 9.58. The van der Waals surface area contributed by atoms with Crippen molar-refractivity contribution in [2.45, 2.75) is 51.6 Å². The van der Waals surface area contributed by atoms with Gasteiger partial charge in [0, 0.05) is 13.0 Å². The number of carbonyl (C=O) groups excluding carboxylic acids is 2. The highest BCUT2D eigenvalue weighted by Gasteiger charge is 2.56. The summed E-state index contributed by atoms with van der Waals surface area (Å²) >= 11 is 0. The molecule has 3 aromatic carbocycles. The number of anilines is 1. The Morgan fingerprint density at radius 1 is 0.941 bits per heavy atom. The average molecular weight is 718 g/mol. The van der Waals surface area contributed by atoms with Crippen molar-refractivity contribution in [3.63, 3.8) is 0 Å². The molecule has 7 nitrogen and oxygen atoms in total. The lowest BCUT2D eigenvalue weighted by atomic mass is 9.68. The first-order valence-corrected chi connectivity index (χ1v) is 16.2. The Labute approximate surface area is 290 Å². The molecule has 51 heavy (non-hydrogen) atoms. The van der Waals surface area contributed by atoms with Crippen molar-refractivity contribution >= 4 is 29.2 Å². The molecule has 5 rings (SSSR count). The largest absolute Gasteiger partial charge is 0.507 e. The number of methoxy groups -OCH3 is 1. The number of hydrogen-bond acceptors (Lipinski definition) is 6. The van der Waals surface area contributed by atoms with E-state index in [1.807, 2.05) is 48.5 Å². The van der Waals surface area contributed by atoms with E-state index in [-0.39, 0.29) is 36.8 Å². The molecule has 0 aromatic heterocycles. The number of phenolic OH excluding ortho intramolecular Hbond substituents is 1. The highest BCUT2D eigenvalue weighted by molar-refractivity contribution is 6.22. The summed E-state index contributed by atoms with van der Waals surface area (Å²) in [6.07, 6.45) is -9.55. The Bertz CT molecular complexity index is 1810. The van der Waals surface area contributed by atoms with Crippen molar-refractivity contribution in [2.24, 2.45) is 17.8 Å². The number of alkyl halides is 6. The van der Waals surface area contributed by atoms with Gasteiger partial charge < -0.3 is 20.1 Å². The lowest BCUT2D eigenvalue weighted by Gasteiger charge is -2.36. The number of aryl methyl sites for hydroxylation is 2. The molecule has 2 amide bonds. The molecule has 1 heterocycles. The fraction of sp³-hybridized carbons (Fsp3) is 0.368. The van der Waals surface area contributed by atoms with Crippen LogP contribution in [0.1, 0.15) is 52.6 Å². The number of hydrogen-bond donors (Lipinski definition) is 3. The number of aliphatic hydroxyl groups excluding tert-OH is 2. The van der Waals surface area contributed by atoms with E-state index in [4.69, 9.17) is 4.74 Å². The number of phenols is 1. The van der Waals surface area contributed by atoms with Crippen molar-refractivity contribution in [3.05, 3.63) is 105 Å². The first-order chi connectivity index (χ1) is 24.0. The second kappa shape index (κ2) is 14.6. The quantitative estimate of drug-likeness (QED) is 0.0869. The molecular weight excluding hydrogens is 680 g/mol. The molecule has 0 bridgehead atoms. The lowest BCUT2D eigenvalue weighted by molar-refractivity contribution is -0.143. The van der Waals surface area contributed by atoms with Crippen molar-refractivity contribution < 1.29 is 56.0 Å². The topological polar surface area (TPSA) is 107 Å². The Balaban J connectivity index is 1.50. The van der Waals surface area contributed by atoms with Gasteiger partial charge in [0.1, 0.15) is 5.75 Å². The third-order valence-corrected chi connectivity index (χ3v) is 9.58. The van der Waals surface area contributed by atoms with E-state index in [1.165, 1.54) is 7.11 Å². The van der Waals surface area contributed by atoms with Gasteiger partial charge in [-0.25, -0.2) is 4.90 Å². The number of carbonyl (C=O) groups is 2. The summed E-state index contributed by atoms with van der Waals surface area (Å²) in [6.45, 7) is 2.71. The summed E-state index contributed by atoms with van der Waals surface area (Å²) in [5.74, 6) is -5.65. The molecule has 0 radical (unpaired) electrons. The minimum atomic E-state index is -5.21. The lowest BCUT2D eigenvalue weighted by Crippen LogP contribution is -2.39. The first kappa shape index (κ1) is 37.8. The van der Waals surface area contributed by atoms with Crippen LogP contribution in [-0.2, 0) is 26.7 Å². The molecule has 1 fully saturated rings. The molecule has 1 saturated heterocycles. The highest BCUT2D eigenvalue weighted by atomic mass is 19.4. The standard InChI is InChI=1S/C38H37F6NO6/c1-20-11-22(12-21(2)34(20)48)13-24(23-7-5-4-6-8-23)9-10-31(47)32-25(19-51-3)14-29-33(30(32)18-46)36(50)45(35(29)49)28-16-26(37(39,40)41)15-27(17-28)38(42,43)44/h4-8,11-13,15-17,29-31,33,46-48H,9-10,14,18-19H2,1-3H3/b24-13-/t29-,30+,31-,33-/m1/s1. The second-order valence-electron chi connectivity index (χ2n) is 13.0. The maximum Gasteiger partial charge on any atom is 0.416 e. The van der Waals surface area contributed by atoms with Gasteiger partial charge in [0.25, 0.3) is 0 Å². The average Bonchev–Trinajstić information content (AvgIpc) is 3.32. The zero-order valence-corrected chi connectivity index (χ0v) is 28.0. The van der Waals surface area contributed by atoms with Crippen LogP contribution < -0.4 is 4.90 Å². The van der Waals surface area contributed by atoms with Gasteiger partial charge in [-0.2, -0.15) is 26.3 Å². The van der Waals surface area contributed by atoms with E-state index in [9.17, 15) is 51.3 Å². The number of nitrogens with zero attached hydrogens (tertiary/aromatic N) is 1. The van der Waals surface area contributed by atoms with Gasteiger partial charge in [-0.05, 0) is 102 Å². The van der Waals surface area contributed by atoms with Crippen molar-refractivity contribution in [1.82, 2.24) is 0 Å². The molecule has 1 aliphatic carbocycles. The fourth-order valence-corrected chi connectivity index (χ4v) is 7.26. The Hall–Kier alpha value is -4.46. The van der Waals surface area contributed by atoms with Crippen molar-refractivity contribution in [1.29, 1.82) is 0 Å². The Morgan fingerprint density at radius 2 is 1.53 bits per heavy atom. The van der Waals surface area contributed by atoms with Crippen LogP contribution >= 0.6 is 0 Å². The molecule has 4 atom stereocenters. The number of amides is 2. The molecular formula is C38H37F6NO6. The van der Waals surface area contributed by atoms with E-state index in [1.54, 1.807) is 13.8 Å². The number of benzene rings is 3. The van der Waals surface area contributed by atoms with Crippen LogP contribution in [0.25, 0.3) is 11.6 Å². The predicted octanol–water partition coefficient (Wildman–Crippen LogP) is 7.49. The summed E-state index contributed by atoms with van der Waals surface area (Å²) < 4.78 is 87.3. The molecule has 3 N–H and O–H groups in total. The van der Waals surface area contributed by atoms with Gasteiger partial charge in [-0.1, -0.05) is 36.4 Å². The maximum atomic E-state index is 13.9. The molecule has 2 aliphatic rings. The SMILES string of the molecule is COCC1=C([C@H](O)CC/C(=C/c2cc(C)c(O)c(C)c2)c2ccccc2)[C@H](CO)[C@@H]2C(=O)N(c3cc(C(F)(F)F)cc(C(F)(F)F)c3)C(=O)[C@@H]2C1. The predicted molar refractivity (Wildman–Crippen MR) is 177 cm³/mol. The van der Waals surface area contributed by atoms with E-state index in [0.29, 0.717) is 40.2 Å². The van der Waals surface area contributed by atoms with Crippen LogP contribution in [-0.4, -0.2) is 53.6 Å². The summed E-state index contributed by atoms with van der Waals surface area (Å²) in [7, 11) is 1.37. The van der Waals surface area contributed by atoms with E-state index >= 15 is 0 Å². The maximum absolute atomic E-state index is 13.9. The molecule has 0 unspecified atom stereocenters. The molecule has 272 valence electrons. The minimum Gasteiger partial charge on any atom is -0.507 e. The van der Waals surface area contributed by atoms with E-state index < -0.39 is 71.4 Å². The molecule has 0 spiro atoms. The second-order valence-corrected chi connectivity index (χ2v) is 13.0. The van der Waals surface area contributed by atoms with Crippen molar-refractivity contribution in [3.8, 4) is 5.75 Å². The zero-order valence-electron chi connectivity index (χ0n) is 28.0. The van der Waals surface area contributed by atoms with Crippen LogP contribution in [0.5, 0.6) is 5.75 Å². The summed E-state index contributed by atoms with van der Waals surface area (Å²) in [6, 6.07) is 13.5. The molecule has 13 heteroatoms. The summed E-state index contributed by atoms with van der Waals surface area (Å²) in [4.78, 5) is 27.9. The van der Waals surface area contributed by atoms with E-state index in [2.05, 4.69) is 0 Å².